The molecule has 0 aromatic heterocycles. The van der Waals surface area contributed by atoms with E-state index in [1.165, 1.54) is 12.1 Å². The predicted molar refractivity (Wildman–Crippen MR) is 146 cm³/mol. The zero-order valence-electron chi connectivity index (χ0n) is 22.4. The maximum absolute atomic E-state index is 13.4. The fourth-order valence-corrected chi connectivity index (χ4v) is 4.56. The van der Waals surface area contributed by atoms with Crippen molar-refractivity contribution in [3.8, 4) is 5.75 Å². The monoisotopic (exact) mass is 538 g/mol. The third-order valence-electron chi connectivity index (χ3n) is 6.62. The highest BCUT2D eigenvalue weighted by Crippen LogP contribution is 2.14. The van der Waals surface area contributed by atoms with Gasteiger partial charge in [0, 0.05) is 12.8 Å². The van der Waals surface area contributed by atoms with Crippen molar-refractivity contribution in [2.45, 2.75) is 70.1 Å². The first-order valence-corrected chi connectivity index (χ1v) is 13.3. The van der Waals surface area contributed by atoms with Crippen molar-refractivity contribution in [3.05, 3.63) is 65.7 Å². The molecule has 2 aromatic rings. The van der Waals surface area contributed by atoms with Gasteiger partial charge in [0.25, 0.3) is 0 Å². The summed E-state index contributed by atoms with van der Waals surface area (Å²) in [5.74, 6) is -2.50. The first kappa shape index (κ1) is 29.6. The Kier molecular flexibility index (Phi) is 10.9. The Morgan fingerprint density at radius 3 is 2.03 bits per heavy atom. The number of carbonyl (C=O) groups excluding carboxylic acids is 3. The molecule has 1 aliphatic rings. The van der Waals surface area contributed by atoms with Crippen LogP contribution in [0, 0.1) is 5.92 Å². The summed E-state index contributed by atoms with van der Waals surface area (Å²) in [5, 5.41) is 30.7. The Hall–Kier alpha value is -3.92. The van der Waals surface area contributed by atoms with Gasteiger partial charge in [0.15, 0.2) is 0 Å². The number of carboxylic acids is 1. The van der Waals surface area contributed by atoms with E-state index >= 15 is 0 Å². The summed E-state index contributed by atoms with van der Waals surface area (Å²) < 4.78 is 0. The lowest BCUT2D eigenvalue weighted by Gasteiger charge is -2.26. The molecule has 39 heavy (non-hydrogen) atoms. The van der Waals surface area contributed by atoms with Crippen LogP contribution < -0.4 is 21.3 Å². The summed E-state index contributed by atoms with van der Waals surface area (Å²) in [5.41, 5.74) is 1.40. The number of rotatable bonds is 13. The number of phenolic OH excluding ortho intramolecular Hbond substituents is 1. The summed E-state index contributed by atoms with van der Waals surface area (Å²) >= 11 is 0. The standard InChI is InChI=1S/C29H38N4O6/c1-18(2)15-23(31-26(35)22-9-6-14-30-22)27(36)32-24(16-20-10-12-21(34)13-11-20)28(37)33-25(29(38)39)17-19-7-4-3-5-8-19/h3-5,7-8,10-13,18,22-25,30,34H,6,9,14-17H2,1-2H3,(H,31,35)(H,32,36)(H,33,37)(H,38,39)/t22-,23-,24-,25-/m0/s1. The van der Waals surface area contributed by atoms with Gasteiger partial charge in [-0.25, -0.2) is 4.79 Å². The van der Waals surface area contributed by atoms with Crippen LogP contribution in [-0.4, -0.2) is 64.6 Å². The molecule has 1 fully saturated rings. The molecule has 0 radical (unpaired) electrons. The lowest BCUT2D eigenvalue weighted by Crippen LogP contribution is -2.58. The molecule has 4 atom stereocenters. The summed E-state index contributed by atoms with van der Waals surface area (Å²) in [7, 11) is 0. The normalized spacial score (nSPS) is 17.2. The molecular formula is C29H38N4O6. The molecular weight excluding hydrogens is 500 g/mol. The van der Waals surface area contributed by atoms with Crippen LogP contribution in [0.3, 0.4) is 0 Å². The molecule has 0 saturated carbocycles. The van der Waals surface area contributed by atoms with Crippen LogP contribution in [0.4, 0.5) is 0 Å². The lowest BCUT2D eigenvalue weighted by molar-refractivity contribution is -0.142. The fraction of sp³-hybridized carbons (Fsp3) is 0.448. The van der Waals surface area contributed by atoms with E-state index in [2.05, 4.69) is 21.3 Å². The molecule has 6 N–H and O–H groups in total. The topological polar surface area (TPSA) is 157 Å². The molecule has 1 aliphatic heterocycles. The molecule has 1 saturated heterocycles. The number of nitrogens with one attached hydrogen (secondary N) is 4. The van der Waals surface area contributed by atoms with Crippen molar-refractivity contribution in [3.63, 3.8) is 0 Å². The van der Waals surface area contributed by atoms with E-state index in [-0.39, 0.29) is 36.5 Å². The molecule has 1 heterocycles. The second kappa shape index (κ2) is 14.3. The average Bonchev–Trinajstić information content (AvgIpc) is 3.44. The number of amides is 3. The Balaban J connectivity index is 1.78. The van der Waals surface area contributed by atoms with Crippen LogP contribution in [-0.2, 0) is 32.0 Å². The average molecular weight is 539 g/mol. The fourth-order valence-electron chi connectivity index (χ4n) is 4.56. The minimum absolute atomic E-state index is 0.0535. The van der Waals surface area contributed by atoms with Crippen molar-refractivity contribution in [1.82, 2.24) is 21.3 Å². The highest BCUT2D eigenvalue weighted by Gasteiger charge is 2.32. The van der Waals surface area contributed by atoms with Crippen molar-refractivity contribution in [2.75, 3.05) is 6.54 Å². The number of benzene rings is 2. The molecule has 10 heteroatoms. The van der Waals surface area contributed by atoms with E-state index in [0.717, 1.165) is 18.5 Å². The van der Waals surface area contributed by atoms with E-state index in [9.17, 15) is 29.4 Å². The minimum Gasteiger partial charge on any atom is -0.508 e. The largest absolute Gasteiger partial charge is 0.508 e. The van der Waals surface area contributed by atoms with Crippen LogP contribution in [0.25, 0.3) is 0 Å². The number of aliphatic carboxylic acids is 1. The van der Waals surface area contributed by atoms with Gasteiger partial charge in [0.1, 0.15) is 23.9 Å². The summed E-state index contributed by atoms with van der Waals surface area (Å²) in [6, 6.07) is 11.6. The van der Waals surface area contributed by atoms with Gasteiger partial charge in [-0.05, 0) is 55.0 Å². The minimum atomic E-state index is -1.21. The second-order valence-corrected chi connectivity index (χ2v) is 10.4. The third kappa shape index (κ3) is 9.40. The van der Waals surface area contributed by atoms with E-state index in [1.807, 2.05) is 19.9 Å². The Labute approximate surface area is 228 Å². The van der Waals surface area contributed by atoms with Crippen LogP contribution in [0.1, 0.15) is 44.2 Å². The maximum Gasteiger partial charge on any atom is 0.326 e. The first-order chi connectivity index (χ1) is 18.6. The van der Waals surface area contributed by atoms with Gasteiger partial charge in [0.05, 0.1) is 6.04 Å². The highest BCUT2D eigenvalue weighted by atomic mass is 16.4. The van der Waals surface area contributed by atoms with E-state index in [1.54, 1.807) is 36.4 Å². The Morgan fingerprint density at radius 1 is 0.846 bits per heavy atom. The quantitative estimate of drug-likeness (QED) is 0.226. The van der Waals surface area contributed by atoms with Gasteiger partial charge in [0.2, 0.25) is 17.7 Å². The van der Waals surface area contributed by atoms with Gasteiger partial charge in [-0.15, -0.1) is 0 Å². The van der Waals surface area contributed by atoms with Crippen molar-refractivity contribution in [2.24, 2.45) is 5.92 Å². The van der Waals surface area contributed by atoms with Crippen LogP contribution in [0.5, 0.6) is 5.75 Å². The van der Waals surface area contributed by atoms with Crippen LogP contribution in [0.2, 0.25) is 0 Å². The number of phenols is 1. The molecule has 3 rings (SSSR count). The summed E-state index contributed by atoms with van der Waals surface area (Å²) in [6.07, 6.45) is 2.06. The molecule has 10 nitrogen and oxygen atoms in total. The zero-order chi connectivity index (χ0) is 28.4. The molecule has 0 unspecified atom stereocenters. The van der Waals surface area contributed by atoms with Gasteiger partial charge in [-0.1, -0.05) is 56.3 Å². The van der Waals surface area contributed by atoms with Crippen molar-refractivity contribution < 1.29 is 29.4 Å². The van der Waals surface area contributed by atoms with Gasteiger partial charge >= 0.3 is 5.97 Å². The molecule has 0 aliphatic carbocycles. The molecule has 210 valence electrons. The van der Waals surface area contributed by atoms with E-state index < -0.39 is 35.9 Å². The lowest BCUT2D eigenvalue weighted by atomic mass is 10.00. The van der Waals surface area contributed by atoms with Crippen LogP contribution >= 0.6 is 0 Å². The Bertz CT molecular complexity index is 1120. The van der Waals surface area contributed by atoms with E-state index in [4.69, 9.17) is 0 Å². The van der Waals surface area contributed by atoms with Crippen LogP contribution in [0.15, 0.2) is 54.6 Å². The first-order valence-electron chi connectivity index (χ1n) is 13.3. The second-order valence-electron chi connectivity index (χ2n) is 10.4. The van der Waals surface area contributed by atoms with Gasteiger partial charge in [-0.3, -0.25) is 14.4 Å². The van der Waals surface area contributed by atoms with E-state index in [0.29, 0.717) is 18.4 Å². The SMILES string of the molecule is CC(C)C[C@H](NC(=O)[C@@H]1CCCN1)C(=O)N[C@@H](Cc1ccc(O)cc1)C(=O)N[C@@H](Cc1ccccc1)C(=O)O. The van der Waals surface area contributed by atoms with Crippen molar-refractivity contribution >= 4 is 23.7 Å². The molecule has 2 aromatic carbocycles. The zero-order valence-corrected chi connectivity index (χ0v) is 22.4. The Morgan fingerprint density at radius 2 is 1.44 bits per heavy atom. The van der Waals surface area contributed by atoms with Gasteiger partial charge < -0.3 is 31.5 Å². The summed E-state index contributed by atoms with van der Waals surface area (Å²) in [6.45, 7) is 4.60. The number of hydrogen-bond acceptors (Lipinski definition) is 6. The highest BCUT2D eigenvalue weighted by molar-refractivity contribution is 5.94. The molecule has 0 bridgehead atoms. The molecule has 0 spiro atoms. The summed E-state index contributed by atoms with van der Waals surface area (Å²) in [4.78, 5) is 51.5. The number of carboxylic acid groups (broad SMARTS) is 1. The number of aromatic hydroxyl groups is 1. The predicted octanol–water partition coefficient (Wildman–Crippen LogP) is 1.51. The number of carbonyl (C=O) groups is 4. The molecule has 3 amide bonds. The maximum atomic E-state index is 13.4. The van der Waals surface area contributed by atoms with Gasteiger partial charge in [-0.2, -0.15) is 0 Å². The van der Waals surface area contributed by atoms with Crippen molar-refractivity contribution in [1.29, 1.82) is 0 Å². The smallest absolute Gasteiger partial charge is 0.326 e. The number of hydrogen-bond donors (Lipinski definition) is 6. The third-order valence-corrected chi connectivity index (χ3v) is 6.62.